The van der Waals surface area contributed by atoms with Crippen molar-refractivity contribution in [3.63, 3.8) is 0 Å². The molecule has 0 spiro atoms. The number of aromatic nitrogens is 2. The van der Waals surface area contributed by atoms with Gasteiger partial charge in [-0.2, -0.15) is 0 Å². The molecule has 5 heteroatoms. The highest BCUT2D eigenvalue weighted by Crippen LogP contribution is 2.34. The van der Waals surface area contributed by atoms with Gasteiger partial charge in [0.25, 0.3) is 0 Å². The molecule has 1 aromatic heterocycles. The Kier molecular flexibility index (Phi) is 6.49. The summed E-state index contributed by atoms with van der Waals surface area (Å²) in [6.45, 7) is 3.52. The second kappa shape index (κ2) is 8.83. The fourth-order valence-electron chi connectivity index (χ4n) is 3.71. The van der Waals surface area contributed by atoms with E-state index in [2.05, 4.69) is 11.9 Å². The number of fused-ring (bicyclic) bond motifs is 1. The van der Waals surface area contributed by atoms with E-state index in [-0.39, 0.29) is 0 Å². The van der Waals surface area contributed by atoms with Gasteiger partial charge in [0.1, 0.15) is 12.7 Å². The highest BCUT2D eigenvalue weighted by atomic mass is 35.5. The molecule has 1 atom stereocenters. The third-order valence-corrected chi connectivity index (χ3v) is 5.42. The van der Waals surface area contributed by atoms with Crippen molar-refractivity contribution in [3.05, 3.63) is 53.3 Å². The van der Waals surface area contributed by atoms with Crippen molar-refractivity contribution in [3.8, 4) is 0 Å². The highest BCUT2D eigenvalue weighted by Gasteiger charge is 2.51. The maximum absolute atomic E-state index is 11.5. The zero-order valence-electron chi connectivity index (χ0n) is 15.6. The van der Waals surface area contributed by atoms with Gasteiger partial charge in [-0.25, -0.2) is 9.47 Å². The number of hydrogen-bond acceptors (Lipinski definition) is 3. The average molecular weight is 375 g/mol. The lowest BCUT2D eigenvalue weighted by molar-refractivity contribution is -0.685. The molecule has 0 fully saturated rings. The van der Waals surface area contributed by atoms with Gasteiger partial charge in [0, 0.05) is 16.7 Å². The number of anilines is 1. The molecule has 0 unspecified atom stereocenters. The normalized spacial score (nSPS) is 19.0. The lowest BCUT2D eigenvalue weighted by Crippen LogP contribution is -2.46. The third-order valence-electron chi connectivity index (χ3n) is 5.17. The van der Waals surface area contributed by atoms with Crippen molar-refractivity contribution in [1.82, 2.24) is 4.98 Å². The molecule has 2 aromatic rings. The minimum absolute atomic E-state index is 0.480. The summed E-state index contributed by atoms with van der Waals surface area (Å²) in [4.78, 5) is 6.57. The van der Waals surface area contributed by atoms with E-state index in [0.29, 0.717) is 11.6 Å². The summed E-state index contributed by atoms with van der Waals surface area (Å²) in [6, 6.07) is 9.39. The number of unbranched alkanes of at least 4 members (excludes halogenated alkanes) is 6. The fraction of sp³-hybridized carbons (Fsp3) is 0.524. The molecule has 0 aliphatic carbocycles. The molecule has 0 amide bonds. The topological polar surface area (TPSA) is 40.2 Å². The van der Waals surface area contributed by atoms with E-state index in [0.717, 1.165) is 24.5 Å². The molecule has 1 aromatic carbocycles. The van der Waals surface area contributed by atoms with E-state index in [1.54, 1.807) is 6.20 Å². The van der Waals surface area contributed by atoms with Gasteiger partial charge in [0.2, 0.25) is 5.72 Å². The summed E-state index contributed by atoms with van der Waals surface area (Å²) in [7, 11) is 0. The van der Waals surface area contributed by atoms with Crippen LogP contribution >= 0.6 is 11.6 Å². The zero-order valence-corrected chi connectivity index (χ0v) is 16.3. The number of rotatable bonds is 9. The second-order valence-electron chi connectivity index (χ2n) is 7.14. The van der Waals surface area contributed by atoms with E-state index in [1.165, 1.54) is 38.5 Å². The van der Waals surface area contributed by atoms with Gasteiger partial charge in [-0.15, -0.1) is 0 Å². The van der Waals surface area contributed by atoms with Crippen LogP contribution in [0.1, 0.15) is 57.4 Å². The summed E-state index contributed by atoms with van der Waals surface area (Å²) in [5.41, 5.74) is -0.218. The van der Waals surface area contributed by atoms with Gasteiger partial charge in [-0.3, -0.25) is 0 Å². The number of halogens is 1. The molecule has 0 saturated carbocycles. The van der Waals surface area contributed by atoms with Crippen LogP contribution in [0.4, 0.5) is 5.95 Å². The molecule has 4 nitrogen and oxygen atoms in total. The number of nitrogens with zero attached hydrogens (tertiary/aromatic N) is 3. The molecule has 1 aliphatic heterocycles. The number of benzene rings is 1. The summed E-state index contributed by atoms with van der Waals surface area (Å²) in [5, 5.41) is 12.2. The van der Waals surface area contributed by atoms with Crippen molar-refractivity contribution in [2.75, 3.05) is 11.4 Å². The summed E-state index contributed by atoms with van der Waals surface area (Å²) < 4.78 is 2.02. The van der Waals surface area contributed by atoms with Gasteiger partial charge < -0.3 is 5.11 Å². The van der Waals surface area contributed by atoms with Gasteiger partial charge in [0.05, 0.1) is 12.7 Å². The highest BCUT2D eigenvalue weighted by molar-refractivity contribution is 6.30. The van der Waals surface area contributed by atoms with Crippen LogP contribution in [0.2, 0.25) is 5.02 Å². The summed E-state index contributed by atoms with van der Waals surface area (Å²) in [6.07, 6.45) is 12.5. The Hall–Kier alpha value is -1.65. The molecular weight excluding hydrogens is 346 g/mol. The summed E-state index contributed by atoms with van der Waals surface area (Å²) >= 11 is 6.03. The van der Waals surface area contributed by atoms with Crippen LogP contribution in [0.25, 0.3) is 0 Å². The van der Waals surface area contributed by atoms with Crippen LogP contribution < -0.4 is 9.47 Å². The Morgan fingerprint density at radius 1 is 1.12 bits per heavy atom. The van der Waals surface area contributed by atoms with Crippen LogP contribution in [0, 0.1) is 0 Å². The maximum atomic E-state index is 11.5. The molecule has 1 N–H and O–H groups in total. The SMILES string of the molecule is CCCCCCCCCN1c2nccc[n+]2C[C@@]1(O)c1ccc(Cl)cc1. The first-order chi connectivity index (χ1) is 12.6. The molecular formula is C21H29ClN3O+. The van der Waals surface area contributed by atoms with Gasteiger partial charge in [0.15, 0.2) is 0 Å². The van der Waals surface area contributed by atoms with Crippen molar-refractivity contribution in [1.29, 1.82) is 0 Å². The average Bonchev–Trinajstić information content (AvgIpc) is 2.94. The molecule has 26 heavy (non-hydrogen) atoms. The minimum atomic E-state index is -1.08. The molecule has 0 saturated heterocycles. The van der Waals surface area contributed by atoms with Crippen molar-refractivity contribution >= 4 is 17.5 Å². The van der Waals surface area contributed by atoms with E-state index >= 15 is 0 Å². The molecule has 1 aliphatic rings. The Labute approximate surface area is 161 Å². The second-order valence-corrected chi connectivity index (χ2v) is 7.58. The van der Waals surface area contributed by atoms with Crippen molar-refractivity contribution < 1.29 is 9.67 Å². The van der Waals surface area contributed by atoms with E-state index in [9.17, 15) is 5.11 Å². The standard InChI is InChI=1S/C21H29ClN3O/c1-2-3-4-5-6-7-8-16-25-20-23-14-9-15-24(20)17-21(25,26)18-10-12-19(22)13-11-18/h9-15,26H,2-8,16-17H2,1H3/q+1/t21-/m1/s1. The first-order valence-corrected chi connectivity index (χ1v) is 10.1. The van der Waals surface area contributed by atoms with Crippen molar-refractivity contribution in [2.24, 2.45) is 0 Å². The molecule has 2 heterocycles. The Bertz CT molecular complexity index is 707. The molecule has 3 rings (SSSR count). The first-order valence-electron chi connectivity index (χ1n) is 9.75. The summed E-state index contributed by atoms with van der Waals surface area (Å²) in [5.74, 6) is 0.830. The molecule has 0 radical (unpaired) electrons. The van der Waals surface area contributed by atoms with E-state index in [4.69, 9.17) is 11.6 Å². The predicted octanol–water partition coefficient (Wildman–Crippen LogP) is 4.44. The quantitative estimate of drug-likeness (QED) is 0.521. The molecule has 140 valence electrons. The lowest BCUT2D eigenvalue weighted by Gasteiger charge is -2.28. The Morgan fingerprint density at radius 3 is 2.54 bits per heavy atom. The van der Waals surface area contributed by atoms with Crippen LogP contribution in [0.15, 0.2) is 42.7 Å². The van der Waals surface area contributed by atoms with Gasteiger partial charge in [-0.05, 0) is 18.6 Å². The fourth-order valence-corrected chi connectivity index (χ4v) is 3.83. The smallest absolute Gasteiger partial charge is 0.353 e. The first kappa shape index (κ1) is 19.1. The van der Waals surface area contributed by atoms with E-state index < -0.39 is 5.72 Å². The van der Waals surface area contributed by atoms with Crippen LogP contribution in [0.5, 0.6) is 0 Å². The van der Waals surface area contributed by atoms with Crippen LogP contribution in [-0.2, 0) is 12.3 Å². The van der Waals surface area contributed by atoms with Crippen LogP contribution in [0.3, 0.4) is 0 Å². The predicted molar refractivity (Wildman–Crippen MR) is 105 cm³/mol. The number of hydrogen-bond donors (Lipinski definition) is 1. The zero-order chi connectivity index (χ0) is 18.4. The Balaban J connectivity index is 1.69. The Morgan fingerprint density at radius 2 is 1.81 bits per heavy atom. The van der Waals surface area contributed by atoms with Crippen LogP contribution in [-0.4, -0.2) is 16.6 Å². The lowest BCUT2D eigenvalue weighted by atomic mass is 10.0. The maximum Gasteiger partial charge on any atom is 0.396 e. The van der Waals surface area contributed by atoms with Gasteiger partial charge in [-0.1, -0.05) is 74.2 Å². The van der Waals surface area contributed by atoms with Crippen molar-refractivity contribution in [2.45, 2.75) is 64.1 Å². The monoisotopic (exact) mass is 374 g/mol. The van der Waals surface area contributed by atoms with E-state index in [1.807, 2.05) is 46.0 Å². The number of aliphatic hydroxyl groups is 1. The molecule has 0 bridgehead atoms. The largest absolute Gasteiger partial charge is 0.396 e. The third kappa shape index (κ3) is 4.18. The minimum Gasteiger partial charge on any atom is -0.353 e. The van der Waals surface area contributed by atoms with Gasteiger partial charge >= 0.3 is 5.95 Å².